The monoisotopic (exact) mass is 194 g/mol. The topological polar surface area (TPSA) is 114 Å². The molecule has 1 saturated heterocycles. The van der Waals surface area contributed by atoms with Crippen LogP contribution in [0.1, 0.15) is 13.8 Å². The van der Waals surface area contributed by atoms with Gasteiger partial charge in [0.05, 0.1) is 6.61 Å². The largest absolute Gasteiger partial charge is 0.393 e. The first-order valence-electron chi connectivity index (χ1n) is 3.85. The van der Waals surface area contributed by atoms with E-state index in [1.54, 1.807) is 0 Å². The van der Waals surface area contributed by atoms with Crippen molar-refractivity contribution in [2.45, 2.75) is 37.1 Å². The molecule has 0 saturated carbocycles. The van der Waals surface area contributed by atoms with Crippen molar-refractivity contribution >= 4 is 0 Å². The van der Waals surface area contributed by atoms with Crippen LogP contribution < -0.4 is 0 Å². The van der Waals surface area contributed by atoms with E-state index in [1.165, 1.54) is 13.8 Å². The number of aliphatic hydroxyl groups is 5. The van der Waals surface area contributed by atoms with Gasteiger partial charge >= 0.3 is 0 Å². The molecular formula is C7H14O6. The fourth-order valence-corrected chi connectivity index (χ4v) is 1.18. The van der Waals surface area contributed by atoms with Crippen LogP contribution in [0, 0.1) is 0 Å². The van der Waals surface area contributed by atoms with Crippen LogP contribution in [0.25, 0.3) is 0 Å². The van der Waals surface area contributed by atoms with Gasteiger partial charge in [-0.2, -0.15) is 0 Å². The van der Waals surface area contributed by atoms with Crippen molar-refractivity contribution in [1.82, 2.24) is 0 Å². The summed E-state index contributed by atoms with van der Waals surface area (Å²) in [5, 5.41) is 45.9. The molecule has 1 heterocycles. The first kappa shape index (κ1) is 10.8. The molecule has 0 unspecified atom stereocenters. The molecule has 6 heteroatoms. The number of rotatable bonds is 3. The SMILES string of the molecule is CC(C)(O)[C@]1(O)O[C@]1(O)[C@H](O)CO. The molecule has 0 spiro atoms. The summed E-state index contributed by atoms with van der Waals surface area (Å²) < 4.78 is 4.46. The van der Waals surface area contributed by atoms with Gasteiger partial charge in [0.2, 0.25) is 0 Å². The van der Waals surface area contributed by atoms with Gasteiger partial charge in [0.1, 0.15) is 11.7 Å². The predicted octanol–water partition coefficient (Wildman–Crippen LogP) is -2.48. The van der Waals surface area contributed by atoms with E-state index in [4.69, 9.17) is 10.2 Å². The first-order chi connectivity index (χ1) is 5.69. The minimum Gasteiger partial charge on any atom is -0.393 e. The molecule has 0 aromatic rings. The van der Waals surface area contributed by atoms with Crippen LogP contribution >= 0.6 is 0 Å². The minimum atomic E-state index is -2.29. The summed E-state index contributed by atoms with van der Waals surface area (Å²) in [4.78, 5) is 0. The van der Waals surface area contributed by atoms with Gasteiger partial charge in [0, 0.05) is 0 Å². The number of ether oxygens (including phenoxy) is 1. The van der Waals surface area contributed by atoms with Gasteiger partial charge in [0.25, 0.3) is 11.6 Å². The van der Waals surface area contributed by atoms with E-state index in [0.29, 0.717) is 0 Å². The number of aliphatic hydroxyl groups excluding tert-OH is 2. The lowest BCUT2D eigenvalue weighted by molar-refractivity contribution is -0.147. The van der Waals surface area contributed by atoms with Crippen molar-refractivity contribution < 1.29 is 30.3 Å². The van der Waals surface area contributed by atoms with Crippen molar-refractivity contribution in [1.29, 1.82) is 0 Å². The highest BCUT2D eigenvalue weighted by molar-refractivity contribution is 5.12. The Balaban J connectivity index is 2.81. The molecule has 6 nitrogen and oxygen atoms in total. The second kappa shape index (κ2) is 2.63. The van der Waals surface area contributed by atoms with Crippen molar-refractivity contribution in [3.8, 4) is 0 Å². The summed E-state index contributed by atoms with van der Waals surface area (Å²) >= 11 is 0. The van der Waals surface area contributed by atoms with Crippen molar-refractivity contribution in [3.63, 3.8) is 0 Å². The number of hydrogen-bond donors (Lipinski definition) is 5. The zero-order valence-electron chi connectivity index (χ0n) is 7.43. The maximum atomic E-state index is 9.49. The fraction of sp³-hybridized carbons (Fsp3) is 1.00. The van der Waals surface area contributed by atoms with E-state index in [2.05, 4.69) is 4.74 Å². The van der Waals surface area contributed by atoms with Crippen LogP contribution in [-0.4, -0.2) is 55.4 Å². The summed E-state index contributed by atoms with van der Waals surface area (Å²) in [5.74, 6) is -4.53. The quantitative estimate of drug-likeness (QED) is 0.318. The van der Waals surface area contributed by atoms with Crippen LogP contribution in [-0.2, 0) is 4.74 Å². The standard InChI is InChI=1S/C7H14O6/c1-5(2,10)7(12)6(11,13-7)4(9)3-8/h4,8-12H,3H2,1-2H3/t4-,6-,7+/m1/s1. The molecule has 1 fully saturated rings. The minimum absolute atomic E-state index is 0.769. The van der Waals surface area contributed by atoms with Gasteiger partial charge in [-0.05, 0) is 13.8 Å². The Hall–Kier alpha value is -0.240. The Labute approximate surface area is 75.0 Å². The summed E-state index contributed by atoms with van der Waals surface area (Å²) in [5.41, 5.74) is -1.72. The fourth-order valence-electron chi connectivity index (χ4n) is 1.18. The lowest BCUT2D eigenvalue weighted by Gasteiger charge is -2.24. The Morgan fingerprint density at radius 3 is 2.08 bits per heavy atom. The average molecular weight is 194 g/mol. The lowest BCUT2D eigenvalue weighted by Crippen LogP contribution is -2.50. The van der Waals surface area contributed by atoms with Gasteiger partial charge in [-0.15, -0.1) is 0 Å². The van der Waals surface area contributed by atoms with E-state index in [-0.39, 0.29) is 0 Å². The molecular weight excluding hydrogens is 180 g/mol. The molecule has 0 aliphatic carbocycles. The molecule has 13 heavy (non-hydrogen) atoms. The molecule has 3 atom stereocenters. The molecule has 1 rings (SSSR count). The maximum Gasteiger partial charge on any atom is 0.256 e. The lowest BCUT2D eigenvalue weighted by atomic mass is 9.94. The van der Waals surface area contributed by atoms with E-state index >= 15 is 0 Å². The number of epoxide rings is 1. The van der Waals surface area contributed by atoms with E-state index < -0.39 is 29.9 Å². The molecule has 0 aromatic heterocycles. The molecule has 0 bridgehead atoms. The van der Waals surface area contributed by atoms with Crippen molar-refractivity contribution in [2.24, 2.45) is 0 Å². The average Bonchev–Trinajstić information content (AvgIpc) is 2.55. The molecule has 1 aliphatic heterocycles. The van der Waals surface area contributed by atoms with Crippen LogP contribution in [0.2, 0.25) is 0 Å². The molecule has 1 aliphatic rings. The summed E-state index contributed by atoms with van der Waals surface area (Å²) in [6, 6.07) is 0. The summed E-state index contributed by atoms with van der Waals surface area (Å²) in [6.45, 7) is 1.67. The normalized spacial score (nSPS) is 41.8. The second-order valence-electron chi connectivity index (χ2n) is 3.70. The third-order valence-corrected chi connectivity index (χ3v) is 2.20. The van der Waals surface area contributed by atoms with E-state index in [9.17, 15) is 15.3 Å². The third-order valence-electron chi connectivity index (χ3n) is 2.20. The van der Waals surface area contributed by atoms with Crippen LogP contribution in [0.4, 0.5) is 0 Å². The predicted molar refractivity (Wildman–Crippen MR) is 40.4 cm³/mol. The summed E-state index contributed by atoms with van der Waals surface area (Å²) in [6.07, 6.45) is -1.65. The van der Waals surface area contributed by atoms with Crippen molar-refractivity contribution in [2.75, 3.05) is 6.61 Å². The summed E-state index contributed by atoms with van der Waals surface area (Å²) in [7, 11) is 0. The Kier molecular flexibility index (Phi) is 2.19. The van der Waals surface area contributed by atoms with E-state index in [1.807, 2.05) is 0 Å². The highest BCUT2D eigenvalue weighted by Crippen LogP contribution is 2.52. The smallest absolute Gasteiger partial charge is 0.256 e. The van der Waals surface area contributed by atoms with Crippen molar-refractivity contribution in [3.05, 3.63) is 0 Å². The maximum absolute atomic E-state index is 9.49. The molecule has 0 aromatic carbocycles. The van der Waals surface area contributed by atoms with E-state index in [0.717, 1.165) is 0 Å². The van der Waals surface area contributed by atoms with Gasteiger partial charge in [-0.3, -0.25) is 0 Å². The van der Waals surface area contributed by atoms with Crippen LogP contribution in [0.5, 0.6) is 0 Å². The first-order valence-corrected chi connectivity index (χ1v) is 3.85. The number of hydrogen-bond acceptors (Lipinski definition) is 6. The third kappa shape index (κ3) is 1.26. The van der Waals surface area contributed by atoms with Crippen LogP contribution in [0.15, 0.2) is 0 Å². The molecule has 0 radical (unpaired) electrons. The molecule has 78 valence electrons. The second-order valence-corrected chi connectivity index (χ2v) is 3.70. The van der Waals surface area contributed by atoms with Crippen LogP contribution in [0.3, 0.4) is 0 Å². The van der Waals surface area contributed by atoms with Gasteiger partial charge in [-0.25, -0.2) is 0 Å². The Bertz CT molecular complexity index is 212. The Morgan fingerprint density at radius 1 is 1.38 bits per heavy atom. The highest BCUT2D eigenvalue weighted by Gasteiger charge is 2.79. The van der Waals surface area contributed by atoms with Gasteiger partial charge < -0.3 is 30.3 Å². The Morgan fingerprint density at radius 2 is 1.85 bits per heavy atom. The zero-order chi connectivity index (χ0) is 10.5. The highest BCUT2D eigenvalue weighted by atomic mass is 16.9. The van der Waals surface area contributed by atoms with Gasteiger partial charge in [0.15, 0.2) is 0 Å². The van der Waals surface area contributed by atoms with Gasteiger partial charge in [-0.1, -0.05) is 0 Å². The molecule has 5 N–H and O–H groups in total. The molecule has 0 amide bonds. The zero-order valence-corrected chi connectivity index (χ0v) is 7.43.